The first-order chi connectivity index (χ1) is 5.85. The molecule has 0 saturated heterocycles. The Morgan fingerprint density at radius 2 is 2.08 bits per heavy atom. The van der Waals surface area contributed by atoms with E-state index in [0.717, 1.165) is 26.1 Å². The number of rotatable bonds is 8. The highest BCUT2D eigenvalue weighted by Crippen LogP contribution is 2.00. The van der Waals surface area contributed by atoms with Crippen molar-refractivity contribution in [1.29, 1.82) is 0 Å². The molecule has 0 radical (unpaired) electrons. The van der Waals surface area contributed by atoms with Gasteiger partial charge in [-0.15, -0.1) is 0 Å². The van der Waals surface area contributed by atoms with Gasteiger partial charge in [0.2, 0.25) is 0 Å². The third kappa shape index (κ3) is 6.58. The predicted octanol–water partition coefficient (Wildman–Crippen LogP) is 1.44. The molecule has 3 N–H and O–H groups in total. The maximum atomic E-state index is 5.39. The molecule has 0 spiro atoms. The van der Waals surface area contributed by atoms with Gasteiger partial charge in [0, 0.05) is 12.6 Å². The third-order valence-electron chi connectivity index (χ3n) is 1.81. The fourth-order valence-electron chi connectivity index (χ4n) is 1.04. The lowest BCUT2D eigenvalue weighted by Gasteiger charge is -2.14. The van der Waals surface area contributed by atoms with Gasteiger partial charge in [0.1, 0.15) is 0 Å². The fourth-order valence-corrected chi connectivity index (χ4v) is 1.04. The average molecular weight is 174 g/mol. The van der Waals surface area contributed by atoms with Gasteiger partial charge >= 0.3 is 0 Å². The van der Waals surface area contributed by atoms with Gasteiger partial charge < -0.3 is 4.74 Å². The molecule has 0 bridgehead atoms. The van der Waals surface area contributed by atoms with E-state index in [1.807, 2.05) is 0 Å². The number of nitrogens with two attached hydrogens (primary N) is 1. The van der Waals surface area contributed by atoms with Crippen molar-refractivity contribution in [3.8, 4) is 0 Å². The average Bonchev–Trinajstić information content (AvgIpc) is 2.11. The first-order valence-corrected chi connectivity index (χ1v) is 4.89. The smallest absolute Gasteiger partial charge is 0.0633 e. The molecule has 0 aliphatic rings. The molecular weight excluding hydrogens is 152 g/mol. The molecule has 0 rings (SSSR count). The zero-order valence-electron chi connectivity index (χ0n) is 8.31. The van der Waals surface area contributed by atoms with Crippen molar-refractivity contribution < 1.29 is 4.74 Å². The van der Waals surface area contributed by atoms with Crippen molar-refractivity contribution in [3.63, 3.8) is 0 Å². The number of nitrogens with one attached hydrogen (secondary N) is 1. The molecule has 0 aromatic rings. The molecule has 74 valence electrons. The quantitative estimate of drug-likeness (QED) is 0.332. The van der Waals surface area contributed by atoms with Crippen molar-refractivity contribution in [2.75, 3.05) is 13.2 Å². The van der Waals surface area contributed by atoms with Gasteiger partial charge in [-0.25, -0.2) is 0 Å². The maximum absolute atomic E-state index is 5.39. The number of ether oxygens (including phenoxy) is 1. The monoisotopic (exact) mass is 174 g/mol. The summed E-state index contributed by atoms with van der Waals surface area (Å²) in [5, 5.41) is 0. The second kappa shape index (κ2) is 8.97. The molecule has 0 fully saturated rings. The van der Waals surface area contributed by atoms with Crippen LogP contribution in [-0.2, 0) is 4.74 Å². The Balaban J connectivity index is 3.26. The molecule has 0 aliphatic heterocycles. The van der Waals surface area contributed by atoms with E-state index in [4.69, 9.17) is 10.6 Å². The largest absolute Gasteiger partial charge is 0.380 e. The Morgan fingerprint density at radius 3 is 2.58 bits per heavy atom. The SMILES string of the molecule is CCCCC(COCCC)NN. The Bertz CT molecular complexity index is 88.6. The molecule has 3 heteroatoms. The molecule has 0 aromatic heterocycles. The number of hydrazine groups is 1. The number of hydrogen-bond donors (Lipinski definition) is 2. The minimum absolute atomic E-state index is 0.330. The molecule has 1 unspecified atom stereocenters. The van der Waals surface area contributed by atoms with E-state index in [2.05, 4.69) is 19.3 Å². The highest BCUT2D eigenvalue weighted by Gasteiger charge is 2.04. The fraction of sp³-hybridized carbons (Fsp3) is 1.00. The molecular formula is C9H22N2O. The van der Waals surface area contributed by atoms with Gasteiger partial charge in [-0.1, -0.05) is 26.7 Å². The maximum Gasteiger partial charge on any atom is 0.0633 e. The zero-order valence-corrected chi connectivity index (χ0v) is 8.31. The molecule has 0 saturated carbocycles. The Kier molecular flexibility index (Phi) is 8.88. The van der Waals surface area contributed by atoms with Crippen LogP contribution < -0.4 is 11.3 Å². The van der Waals surface area contributed by atoms with Gasteiger partial charge in [-0.2, -0.15) is 0 Å². The summed E-state index contributed by atoms with van der Waals surface area (Å²) in [6.07, 6.45) is 4.61. The van der Waals surface area contributed by atoms with Crippen molar-refractivity contribution in [2.24, 2.45) is 5.84 Å². The van der Waals surface area contributed by atoms with Gasteiger partial charge in [0.15, 0.2) is 0 Å². The van der Waals surface area contributed by atoms with Crippen molar-refractivity contribution in [3.05, 3.63) is 0 Å². The van der Waals surface area contributed by atoms with Crippen LogP contribution in [0.1, 0.15) is 39.5 Å². The normalized spacial score (nSPS) is 13.2. The van der Waals surface area contributed by atoms with E-state index in [1.165, 1.54) is 12.8 Å². The lowest BCUT2D eigenvalue weighted by Crippen LogP contribution is -2.38. The summed E-state index contributed by atoms with van der Waals surface area (Å²) >= 11 is 0. The Hall–Kier alpha value is -0.120. The van der Waals surface area contributed by atoms with E-state index < -0.39 is 0 Å². The summed E-state index contributed by atoms with van der Waals surface area (Å²) < 4.78 is 5.39. The molecule has 0 aromatic carbocycles. The molecule has 12 heavy (non-hydrogen) atoms. The summed E-state index contributed by atoms with van der Waals surface area (Å²) in [5.74, 6) is 5.37. The first kappa shape index (κ1) is 11.9. The third-order valence-corrected chi connectivity index (χ3v) is 1.81. The molecule has 1 atom stereocenters. The van der Waals surface area contributed by atoms with Crippen LogP contribution in [0.2, 0.25) is 0 Å². The van der Waals surface area contributed by atoms with Gasteiger partial charge in [0.25, 0.3) is 0 Å². The minimum atomic E-state index is 0.330. The van der Waals surface area contributed by atoms with Crippen molar-refractivity contribution in [1.82, 2.24) is 5.43 Å². The van der Waals surface area contributed by atoms with Crippen LogP contribution >= 0.6 is 0 Å². The lowest BCUT2D eigenvalue weighted by atomic mass is 10.1. The molecule has 3 nitrogen and oxygen atoms in total. The summed E-state index contributed by atoms with van der Waals surface area (Å²) in [7, 11) is 0. The van der Waals surface area contributed by atoms with Crippen LogP contribution in [0.5, 0.6) is 0 Å². The lowest BCUT2D eigenvalue weighted by molar-refractivity contribution is 0.109. The van der Waals surface area contributed by atoms with Crippen LogP contribution in [0, 0.1) is 0 Å². The van der Waals surface area contributed by atoms with Crippen LogP contribution in [0.3, 0.4) is 0 Å². The summed E-state index contributed by atoms with van der Waals surface area (Å²) in [4.78, 5) is 0. The van der Waals surface area contributed by atoms with Crippen LogP contribution in [-0.4, -0.2) is 19.3 Å². The number of hydrogen-bond acceptors (Lipinski definition) is 3. The molecule has 0 amide bonds. The standard InChI is InChI=1S/C9H22N2O/c1-3-5-6-9(11-10)8-12-7-4-2/h9,11H,3-8,10H2,1-2H3. The second-order valence-electron chi connectivity index (χ2n) is 3.08. The second-order valence-corrected chi connectivity index (χ2v) is 3.08. The zero-order chi connectivity index (χ0) is 9.23. The summed E-state index contributed by atoms with van der Waals surface area (Å²) in [6, 6.07) is 0.330. The van der Waals surface area contributed by atoms with Gasteiger partial charge in [-0.05, 0) is 12.8 Å². The Labute approximate surface area is 75.6 Å². The van der Waals surface area contributed by atoms with E-state index >= 15 is 0 Å². The van der Waals surface area contributed by atoms with Gasteiger partial charge in [-0.3, -0.25) is 11.3 Å². The summed E-state index contributed by atoms with van der Waals surface area (Å²) in [6.45, 7) is 5.87. The van der Waals surface area contributed by atoms with Crippen LogP contribution in [0.4, 0.5) is 0 Å². The highest BCUT2D eigenvalue weighted by molar-refractivity contribution is 4.61. The highest BCUT2D eigenvalue weighted by atomic mass is 16.5. The van der Waals surface area contributed by atoms with Crippen molar-refractivity contribution in [2.45, 2.75) is 45.6 Å². The van der Waals surface area contributed by atoms with Crippen molar-refractivity contribution >= 4 is 0 Å². The topological polar surface area (TPSA) is 47.3 Å². The van der Waals surface area contributed by atoms with E-state index in [0.29, 0.717) is 6.04 Å². The van der Waals surface area contributed by atoms with Crippen LogP contribution in [0.15, 0.2) is 0 Å². The van der Waals surface area contributed by atoms with E-state index in [1.54, 1.807) is 0 Å². The predicted molar refractivity (Wildman–Crippen MR) is 51.7 cm³/mol. The molecule has 0 aliphatic carbocycles. The van der Waals surface area contributed by atoms with Crippen LogP contribution in [0.25, 0.3) is 0 Å². The summed E-state index contributed by atoms with van der Waals surface area (Å²) in [5.41, 5.74) is 2.77. The van der Waals surface area contributed by atoms with Gasteiger partial charge in [0.05, 0.1) is 6.61 Å². The molecule has 0 heterocycles. The Morgan fingerprint density at radius 1 is 1.33 bits per heavy atom. The first-order valence-electron chi connectivity index (χ1n) is 4.89. The van der Waals surface area contributed by atoms with E-state index in [-0.39, 0.29) is 0 Å². The van der Waals surface area contributed by atoms with E-state index in [9.17, 15) is 0 Å². The number of unbranched alkanes of at least 4 members (excludes halogenated alkanes) is 1. The minimum Gasteiger partial charge on any atom is -0.380 e.